The van der Waals surface area contributed by atoms with Gasteiger partial charge in [0.2, 0.25) is 0 Å². The number of H-pyrrole nitrogens is 1. The van der Waals surface area contributed by atoms with Crippen molar-refractivity contribution in [1.29, 1.82) is 0 Å². The number of nitrogens with zero attached hydrogens (tertiary/aromatic N) is 2. The Bertz CT molecular complexity index is 1070. The Labute approximate surface area is 150 Å². The van der Waals surface area contributed by atoms with E-state index in [-0.39, 0.29) is 6.03 Å². The van der Waals surface area contributed by atoms with Crippen LogP contribution in [0.25, 0.3) is 22.2 Å². The van der Waals surface area contributed by atoms with Crippen LogP contribution in [0.3, 0.4) is 0 Å². The zero-order valence-corrected chi connectivity index (χ0v) is 14.2. The number of urea groups is 1. The number of fused-ring (bicyclic) bond motifs is 1. The lowest BCUT2D eigenvalue weighted by atomic mass is 10.1. The van der Waals surface area contributed by atoms with E-state index in [9.17, 15) is 4.79 Å². The third-order valence-electron chi connectivity index (χ3n) is 4.15. The number of rotatable bonds is 3. The topological polar surface area (TPSA) is 82.7 Å². The molecule has 2 heterocycles. The zero-order chi connectivity index (χ0) is 17.9. The van der Waals surface area contributed by atoms with Gasteiger partial charge in [-0.25, -0.2) is 9.78 Å². The van der Waals surface area contributed by atoms with Crippen LogP contribution in [-0.4, -0.2) is 21.2 Å². The lowest BCUT2D eigenvalue weighted by molar-refractivity contribution is 0.262. The molecule has 6 nitrogen and oxygen atoms in total. The molecule has 4 rings (SSSR count). The van der Waals surface area contributed by atoms with E-state index in [2.05, 4.69) is 25.8 Å². The molecule has 0 atom stereocenters. The van der Waals surface area contributed by atoms with Crippen LogP contribution < -0.4 is 10.6 Å². The summed E-state index contributed by atoms with van der Waals surface area (Å²) < 4.78 is 0. The van der Waals surface area contributed by atoms with E-state index in [1.54, 1.807) is 6.20 Å². The van der Waals surface area contributed by atoms with Crippen LogP contribution >= 0.6 is 0 Å². The molecule has 0 fully saturated rings. The summed E-state index contributed by atoms with van der Waals surface area (Å²) in [6, 6.07) is 19.2. The first-order valence-electron chi connectivity index (χ1n) is 8.24. The van der Waals surface area contributed by atoms with Crippen LogP contribution in [0.5, 0.6) is 0 Å². The van der Waals surface area contributed by atoms with Crippen molar-refractivity contribution in [2.75, 3.05) is 10.6 Å². The van der Waals surface area contributed by atoms with Gasteiger partial charge in [-0.1, -0.05) is 48.5 Å². The lowest BCUT2D eigenvalue weighted by Gasteiger charge is -2.09. The average molecular weight is 343 g/mol. The normalized spacial score (nSPS) is 10.7. The number of hydrogen-bond acceptors (Lipinski definition) is 3. The van der Waals surface area contributed by atoms with E-state index in [4.69, 9.17) is 0 Å². The molecule has 0 spiro atoms. The maximum atomic E-state index is 12.3. The van der Waals surface area contributed by atoms with Gasteiger partial charge in [-0.3, -0.25) is 10.4 Å². The van der Waals surface area contributed by atoms with Gasteiger partial charge in [0, 0.05) is 17.4 Å². The molecule has 0 bridgehead atoms. The molecule has 0 aliphatic heterocycles. The van der Waals surface area contributed by atoms with Crippen molar-refractivity contribution in [2.45, 2.75) is 6.92 Å². The molecule has 128 valence electrons. The number of aryl methyl sites for hydroxylation is 1. The number of carbonyl (C=O) groups excluding carboxylic acids is 1. The number of aromatic amines is 1. The summed E-state index contributed by atoms with van der Waals surface area (Å²) in [6.07, 6.45) is 1.77. The quantitative estimate of drug-likeness (QED) is 0.509. The van der Waals surface area contributed by atoms with Gasteiger partial charge >= 0.3 is 6.03 Å². The van der Waals surface area contributed by atoms with Crippen molar-refractivity contribution < 1.29 is 4.79 Å². The maximum absolute atomic E-state index is 12.3. The van der Waals surface area contributed by atoms with Gasteiger partial charge in [0.15, 0.2) is 5.65 Å². The van der Waals surface area contributed by atoms with Crippen LogP contribution in [0, 0.1) is 6.92 Å². The van der Waals surface area contributed by atoms with Crippen LogP contribution in [0.15, 0.2) is 66.9 Å². The second-order valence-electron chi connectivity index (χ2n) is 5.95. The lowest BCUT2D eigenvalue weighted by Crippen LogP contribution is -2.20. The minimum absolute atomic E-state index is 0.338. The standard InChI is InChI=1S/C20H17N5O/c1-13-7-5-6-10-17(13)22-20(26)23-19-16-11-15(12-21-18(16)24-25-19)14-8-3-2-4-9-14/h2-12H,1H3,(H3,21,22,23,24,25,26). The minimum Gasteiger partial charge on any atom is -0.307 e. The molecule has 2 aromatic heterocycles. The molecule has 0 saturated carbocycles. The fourth-order valence-corrected chi connectivity index (χ4v) is 2.76. The summed E-state index contributed by atoms with van der Waals surface area (Å²) in [5.74, 6) is 0.511. The molecule has 4 aromatic rings. The Morgan fingerprint density at radius 2 is 1.73 bits per heavy atom. The Balaban J connectivity index is 1.60. The van der Waals surface area contributed by atoms with E-state index in [1.807, 2.05) is 67.6 Å². The Hall–Kier alpha value is -3.67. The van der Waals surface area contributed by atoms with E-state index < -0.39 is 0 Å². The smallest absolute Gasteiger partial charge is 0.307 e. The summed E-state index contributed by atoms with van der Waals surface area (Å²) in [5, 5.41) is 13.4. The van der Waals surface area contributed by atoms with Gasteiger partial charge in [-0.15, -0.1) is 0 Å². The molecule has 2 amide bonds. The van der Waals surface area contributed by atoms with Gasteiger partial charge in [0.25, 0.3) is 0 Å². The average Bonchev–Trinajstić information content (AvgIpc) is 3.06. The summed E-state index contributed by atoms with van der Waals surface area (Å²) in [6.45, 7) is 1.94. The molecular weight excluding hydrogens is 326 g/mol. The highest BCUT2D eigenvalue weighted by Crippen LogP contribution is 2.26. The fraction of sp³-hybridized carbons (Fsp3) is 0.0500. The third-order valence-corrected chi connectivity index (χ3v) is 4.15. The number of hydrogen-bond donors (Lipinski definition) is 3. The summed E-state index contributed by atoms with van der Waals surface area (Å²) in [7, 11) is 0. The highest BCUT2D eigenvalue weighted by molar-refractivity contribution is 6.04. The SMILES string of the molecule is Cc1ccccc1NC(=O)Nc1[nH]nc2ncc(-c3ccccc3)cc12. The molecule has 0 unspecified atom stereocenters. The highest BCUT2D eigenvalue weighted by atomic mass is 16.2. The molecule has 0 saturated heterocycles. The van der Waals surface area contributed by atoms with E-state index in [0.29, 0.717) is 11.5 Å². The number of benzene rings is 2. The van der Waals surface area contributed by atoms with Crippen LogP contribution in [-0.2, 0) is 0 Å². The van der Waals surface area contributed by atoms with E-state index in [0.717, 1.165) is 27.8 Å². The first-order chi connectivity index (χ1) is 12.7. The summed E-state index contributed by atoms with van der Waals surface area (Å²) >= 11 is 0. The molecule has 26 heavy (non-hydrogen) atoms. The zero-order valence-electron chi connectivity index (χ0n) is 14.2. The Morgan fingerprint density at radius 1 is 0.962 bits per heavy atom. The first-order valence-corrected chi connectivity index (χ1v) is 8.24. The van der Waals surface area contributed by atoms with Gasteiger partial charge < -0.3 is 5.32 Å². The molecule has 3 N–H and O–H groups in total. The predicted octanol–water partition coefficient (Wildman–Crippen LogP) is 4.58. The van der Waals surface area contributed by atoms with Crippen molar-refractivity contribution in [1.82, 2.24) is 15.2 Å². The van der Waals surface area contributed by atoms with E-state index in [1.165, 1.54) is 0 Å². The summed E-state index contributed by atoms with van der Waals surface area (Å²) in [5.41, 5.74) is 4.32. The molecule has 0 radical (unpaired) electrons. The fourth-order valence-electron chi connectivity index (χ4n) is 2.76. The molecule has 0 aliphatic rings. The number of para-hydroxylation sites is 1. The van der Waals surface area contributed by atoms with Crippen molar-refractivity contribution in [3.63, 3.8) is 0 Å². The van der Waals surface area contributed by atoms with Crippen LogP contribution in [0.4, 0.5) is 16.3 Å². The number of nitrogens with one attached hydrogen (secondary N) is 3. The van der Waals surface area contributed by atoms with Crippen molar-refractivity contribution in [3.8, 4) is 11.1 Å². The molecule has 0 aliphatic carbocycles. The van der Waals surface area contributed by atoms with Crippen molar-refractivity contribution in [3.05, 3.63) is 72.4 Å². The number of carbonyl (C=O) groups is 1. The van der Waals surface area contributed by atoms with Gasteiger partial charge in [-0.2, -0.15) is 5.10 Å². The number of anilines is 2. The number of pyridine rings is 1. The monoisotopic (exact) mass is 343 g/mol. The van der Waals surface area contributed by atoms with Gasteiger partial charge in [-0.05, 0) is 30.2 Å². The third kappa shape index (κ3) is 3.12. The molecule has 2 aromatic carbocycles. The van der Waals surface area contributed by atoms with Gasteiger partial charge in [0.05, 0.1) is 5.39 Å². The van der Waals surface area contributed by atoms with E-state index >= 15 is 0 Å². The maximum Gasteiger partial charge on any atom is 0.324 e. The largest absolute Gasteiger partial charge is 0.324 e. The van der Waals surface area contributed by atoms with Crippen molar-refractivity contribution in [2.24, 2.45) is 0 Å². The van der Waals surface area contributed by atoms with Gasteiger partial charge in [0.1, 0.15) is 5.82 Å². The second kappa shape index (κ2) is 6.68. The number of aromatic nitrogens is 3. The Kier molecular flexibility index (Phi) is 4.07. The second-order valence-corrected chi connectivity index (χ2v) is 5.95. The van der Waals surface area contributed by atoms with Crippen LogP contribution in [0.1, 0.15) is 5.56 Å². The van der Waals surface area contributed by atoms with Crippen molar-refractivity contribution >= 4 is 28.6 Å². The predicted molar refractivity (Wildman–Crippen MR) is 103 cm³/mol. The Morgan fingerprint density at radius 3 is 2.54 bits per heavy atom. The molecule has 6 heteroatoms. The number of amides is 2. The highest BCUT2D eigenvalue weighted by Gasteiger charge is 2.12. The summed E-state index contributed by atoms with van der Waals surface area (Å²) in [4.78, 5) is 16.7. The van der Waals surface area contributed by atoms with Crippen LogP contribution in [0.2, 0.25) is 0 Å². The molecular formula is C20H17N5O. The minimum atomic E-state index is -0.338. The first kappa shape index (κ1) is 15.8.